The zero-order chi connectivity index (χ0) is 18.0. The highest BCUT2D eigenvalue weighted by atomic mass is 35.5. The molecule has 2 aromatic heterocycles. The van der Waals surface area contributed by atoms with Crippen LogP contribution in [0.2, 0.25) is 5.02 Å². The van der Waals surface area contributed by atoms with E-state index in [4.69, 9.17) is 16.1 Å². The van der Waals surface area contributed by atoms with Crippen molar-refractivity contribution < 1.29 is 17.7 Å². The first-order chi connectivity index (χ1) is 11.9. The zero-order valence-electron chi connectivity index (χ0n) is 12.9. The van der Waals surface area contributed by atoms with Crippen LogP contribution in [0.15, 0.2) is 40.0 Å². The van der Waals surface area contributed by atoms with Crippen LogP contribution in [0.5, 0.6) is 0 Å². The summed E-state index contributed by atoms with van der Waals surface area (Å²) in [6, 6.07) is 8.82. The summed E-state index contributed by atoms with van der Waals surface area (Å²) >= 11 is 7.05. The van der Waals surface area contributed by atoms with Gasteiger partial charge in [0.15, 0.2) is 10.9 Å². The highest BCUT2D eigenvalue weighted by Gasteiger charge is 2.38. The van der Waals surface area contributed by atoms with Gasteiger partial charge in [-0.3, -0.25) is 4.57 Å². The molecule has 0 aliphatic carbocycles. The van der Waals surface area contributed by atoms with Gasteiger partial charge in [0.05, 0.1) is 5.69 Å². The predicted octanol–water partition coefficient (Wildman–Crippen LogP) is 4.92. The minimum Gasteiger partial charge on any atom is -0.356 e. The maximum atomic E-state index is 12.9. The standard InChI is InChI=1S/C15H12ClF3N4OS/c1-2-23-13(15(17,18)19)20-21-14(23)25-8-11-7-12(24-22-11)9-4-3-5-10(16)6-9/h3-7H,2,8H2,1H3. The number of alkyl halides is 3. The topological polar surface area (TPSA) is 56.7 Å². The molecular weight excluding hydrogens is 377 g/mol. The van der Waals surface area contributed by atoms with Gasteiger partial charge in [-0.05, 0) is 19.1 Å². The van der Waals surface area contributed by atoms with Gasteiger partial charge < -0.3 is 4.52 Å². The van der Waals surface area contributed by atoms with E-state index in [-0.39, 0.29) is 11.7 Å². The van der Waals surface area contributed by atoms with Crippen LogP contribution in [0.4, 0.5) is 13.2 Å². The molecule has 0 amide bonds. The van der Waals surface area contributed by atoms with Crippen LogP contribution in [0.1, 0.15) is 18.4 Å². The van der Waals surface area contributed by atoms with E-state index in [0.717, 1.165) is 21.9 Å². The van der Waals surface area contributed by atoms with Crippen LogP contribution >= 0.6 is 23.4 Å². The Bertz CT molecular complexity index is 878. The summed E-state index contributed by atoms with van der Waals surface area (Å²) in [5.74, 6) is -0.164. The molecule has 0 spiro atoms. The molecular formula is C15H12ClF3N4OS. The average molecular weight is 389 g/mol. The fourth-order valence-electron chi connectivity index (χ4n) is 2.19. The summed E-state index contributed by atoms with van der Waals surface area (Å²) in [4.78, 5) is 0. The van der Waals surface area contributed by atoms with Crippen molar-refractivity contribution in [1.82, 2.24) is 19.9 Å². The predicted molar refractivity (Wildman–Crippen MR) is 87.2 cm³/mol. The molecule has 2 heterocycles. The Morgan fingerprint density at radius 3 is 2.72 bits per heavy atom. The number of nitrogens with zero attached hydrogens (tertiary/aromatic N) is 4. The summed E-state index contributed by atoms with van der Waals surface area (Å²) < 4.78 is 44.9. The molecule has 3 rings (SSSR count). The molecule has 0 N–H and O–H groups in total. The number of rotatable bonds is 5. The third-order valence-corrected chi connectivity index (χ3v) is 4.54. The normalized spacial score (nSPS) is 11.9. The first-order valence-electron chi connectivity index (χ1n) is 7.23. The van der Waals surface area contributed by atoms with Gasteiger partial charge in [0.1, 0.15) is 0 Å². The number of hydrogen-bond donors (Lipinski definition) is 0. The fourth-order valence-corrected chi connectivity index (χ4v) is 3.26. The number of aromatic nitrogens is 4. The van der Waals surface area contributed by atoms with Gasteiger partial charge in [-0.1, -0.05) is 40.7 Å². The van der Waals surface area contributed by atoms with Crippen LogP contribution in [-0.2, 0) is 18.5 Å². The third-order valence-electron chi connectivity index (χ3n) is 3.30. The van der Waals surface area contributed by atoms with Crippen LogP contribution in [-0.4, -0.2) is 19.9 Å². The lowest BCUT2D eigenvalue weighted by Gasteiger charge is -2.08. The smallest absolute Gasteiger partial charge is 0.356 e. The average Bonchev–Trinajstić information content (AvgIpc) is 3.19. The Hall–Kier alpha value is -2.00. The van der Waals surface area contributed by atoms with E-state index in [0.29, 0.717) is 22.2 Å². The van der Waals surface area contributed by atoms with Crippen LogP contribution in [0.3, 0.4) is 0 Å². The molecule has 0 bridgehead atoms. The second-order valence-electron chi connectivity index (χ2n) is 5.03. The second kappa shape index (κ2) is 7.09. The van der Waals surface area contributed by atoms with Crippen molar-refractivity contribution in [2.45, 2.75) is 30.6 Å². The quantitative estimate of drug-likeness (QED) is 0.581. The van der Waals surface area contributed by atoms with E-state index < -0.39 is 12.0 Å². The van der Waals surface area contributed by atoms with E-state index in [1.165, 1.54) is 0 Å². The Morgan fingerprint density at radius 2 is 2.04 bits per heavy atom. The molecule has 0 aliphatic heterocycles. The molecule has 0 aliphatic rings. The van der Waals surface area contributed by atoms with Crippen LogP contribution in [0.25, 0.3) is 11.3 Å². The van der Waals surface area contributed by atoms with Crippen molar-refractivity contribution in [1.29, 1.82) is 0 Å². The molecule has 25 heavy (non-hydrogen) atoms. The number of thioether (sulfide) groups is 1. The van der Waals surface area contributed by atoms with Gasteiger partial charge in [0.25, 0.3) is 0 Å². The van der Waals surface area contributed by atoms with Crippen molar-refractivity contribution >= 4 is 23.4 Å². The number of halogens is 4. The van der Waals surface area contributed by atoms with Crippen molar-refractivity contribution in [2.24, 2.45) is 0 Å². The van der Waals surface area contributed by atoms with E-state index >= 15 is 0 Å². The van der Waals surface area contributed by atoms with Crippen LogP contribution < -0.4 is 0 Å². The zero-order valence-corrected chi connectivity index (χ0v) is 14.5. The molecule has 1 aromatic carbocycles. The second-order valence-corrected chi connectivity index (χ2v) is 6.41. The van der Waals surface area contributed by atoms with E-state index in [9.17, 15) is 13.2 Å². The van der Waals surface area contributed by atoms with Gasteiger partial charge >= 0.3 is 6.18 Å². The molecule has 0 radical (unpaired) electrons. The van der Waals surface area contributed by atoms with Gasteiger partial charge in [0.2, 0.25) is 5.82 Å². The molecule has 0 atom stereocenters. The maximum Gasteiger partial charge on any atom is 0.451 e. The molecule has 132 valence electrons. The van der Waals surface area contributed by atoms with Gasteiger partial charge in [-0.15, -0.1) is 10.2 Å². The summed E-state index contributed by atoms with van der Waals surface area (Å²) in [6.45, 7) is 1.73. The molecule has 3 aromatic rings. The fraction of sp³-hybridized carbons (Fsp3) is 0.267. The summed E-state index contributed by atoms with van der Waals surface area (Å²) in [6.07, 6.45) is -4.53. The summed E-state index contributed by atoms with van der Waals surface area (Å²) in [5.41, 5.74) is 1.35. The van der Waals surface area contributed by atoms with Gasteiger partial charge in [0, 0.05) is 29.0 Å². The lowest BCUT2D eigenvalue weighted by atomic mass is 10.2. The minimum atomic E-state index is -4.53. The molecule has 0 saturated heterocycles. The molecule has 5 nitrogen and oxygen atoms in total. The lowest BCUT2D eigenvalue weighted by molar-refractivity contribution is -0.147. The van der Waals surface area contributed by atoms with Gasteiger partial charge in [-0.2, -0.15) is 13.2 Å². The first-order valence-corrected chi connectivity index (χ1v) is 8.59. The Labute approximate surface area is 150 Å². The molecule has 0 saturated carbocycles. The van der Waals surface area contributed by atoms with Crippen molar-refractivity contribution in [3.63, 3.8) is 0 Å². The minimum absolute atomic E-state index is 0.122. The maximum absolute atomic E-state index is 12.9. The largest absolute Gasteiger partial charge is 0.451 e. The van der Waals surface area contributed by atoms with Crippen molar-refractivity contribution in [3.05, 3.63) is 46.9 Å². The van der Waals surface area contributed by atoms with Gasteiger partial charge in [-0.25, -0.2) is 0 Å². The highest BCUT2D eigenvalue weighted by molar-refractivity contribution is 7.98. The monoisotopic (exact) mass is 388 g/mol. The van der Waals surface area contributed by atoms with Crippen molar-refractivity contribution in [3.8, 4) is 11.3 Å². The SMILES string of the molecule is CCn1c(SCc2cc(-c3cccc(Cl)c3)on2)nnc1C(F)(F)F. The third kappa shape index (κ3) is 3.98. The summed E-state index contributed by atoms with van der Waals surface area (Å²) in [7, 11) is 0. The number of benzene rings is 1. The lowest BCUT2D eigenvalue weighted by Crippen LogP contribution is -2.14. The molecule has 0 unspecified atom stereocenters. The van der Waals surface area contributed by atoms with E-state index in [1.807, 2.05) is 6.07 Å². The first kappa shape index (κ1) is 17.8. The summed E-state index contributed by atoms with van der Waals surface area (Å²) in [5, 5.41) is 11.5. The molecule has 10 heteroatoms. The molecule has 0 fully saturated rings. The van der Waals surface area contributed by atoms with Crippen LogP contribution in [0, 0.1) is 0 Å². The van der Waals surface area contributed by atoms with E-state index in [1.54, 1.807) is 31.2 Å². The van der Waals surface area contributed by atoms with E-state index in [2.05, 4.69) is 15.4 Å². The number of hydrogen-bond acceptors (Lipinski definition) is 5. The Kier molecular flexibility index (Phi) is 5.05. The highest BCUT2D eigenvalue weighted by Crippen LogP contribution is 2.32. The van der Waals surface area contributed by atoms with Crippen molar-refractivity contribution in [2.75, 3.05) is 0 Å². The Balaban J connectivity index is 1.74. The Morgan fingerprint density at radius 1 is 1.24 bits per heavy atom.